The molecule has 0 saturated carbocycles. The number of terminal acetylenes is 1. The molecule has 1 aromatic carbocycles. The average molecular weight is 173 g/mol. The third-order valence-corrected chi connectivity index (χ3v) is 1.88. The van der Waals surface area contributed by atoms with Gasteiger partial charge in [-0.1, -0.05) is 30.3 Å². The smallest absolute Gasteiger partial charge is 0.0211 e. The molecule has 0 aliphatic heterocycles. The first kappa shape index (κ1) is 9.83. The summed E-state index contributed by atoms with van der Waals surface area (Å²) in [6.07, 6.45) is 7.02. The summed E-state index contributed by atoms with van der Waals surface area (Å²) < 4.78 is 0. The van der Waals surface area contributed by atoms with E-state index in [9.17, 15) is 0 Å². The predicted octanol–water partition coefficient (Wildman–Crippen LogP) is 1.84. The van der Waals surface area contributed by atoms with E-state index in [1.54, 1.807) is 0 Å². The Morgan fingerprint density at radius 2 is 1.92 bits per heavy atom. The third-order valence-electron chi connectivity index (χ3n) is 1.88. The number of nitrogens with one attached hydrogen (secondary N) is 1. The van der Waals surface area contributed by atoms with Gasteiger partial charge in [0.15, 0.2) is 0 Å². The van der Waals surface area contributed by atoms with Gasteiger partial charge < -0.3 is 5.32 Å². The van der Waals surface area contributed by atoms with E-state index in [0.717, 1.165) is 25.9 Å². The first-order valence-electron chi connectivity index (χ1n) is 4.61. The minimum absolute atomic E-state index is 0.814. The summed E-state index contributed by atoms with van der Waals surface area (Å²) in [7, 11) is 0. The monoisotopic (exact) mass is 173 g/mol. The van der Waals surface area contributed by atoms with E-state index in [1.807, 2.05) is 6.07 Å². The number of benzene rings is 1. The normalized spacial score (nSPS) is 9.46. The van der Waals surface area contributed by atoms with E-state index in [-0.39, 0.29) is 0 Å². The van der Waals surface area contributed by atoms with Crippen LogP contribution in [0.2, 0.25) is 0 Å². The van der Waals surface area contributed by atoms with Crippen LogP contribution >= 0.6 is 0 Å². The fourth-order valence-electron chi connectivity index (χ4n) is 1.16. The van der Waals surface area contributed by atoms with Crippen molar-refractivity contribution >= 4 is 0 Å². The van der Waals surface area contributed by atoms with E-state index in [1.165, 1.54) is 5.56 Å². The molecule has 1 heteroatoms. The van der Waals surface area contributed by atoms with Crippen molar-refractivity contribution in [2.75, 3.05) is 13.1 Å². The Morgan fingerprint density at radius 1 is 1.15 bits per heavy atom. The van der Waals surface area contributed by atoms with Crippen molar-refractivity contribution in [3.05, 3.63) is 35.9 Å². The maximum Gasteiger partial charge on any atom is 0.0211 e. The van der Waals surface area contributed by atoms with Gasteiger partial charge in [-0.2, -0.15) is 0 Å². The molecule has 0 aliphatic rings. The molecule has 0 fully saturated rings. The highest BCUT2D eigenvalue weighted by Gasteiger charge is 1.89. The van der Waals surface area contributed by atoms with Gasteiger partial charge in [-0.3, -0.25) is 0 Å². The second-order valence-corrected chi connectivity index (χ2v) is 2.94. The molecule has 0 aliphatic carbocycles. The Hall–Kier alpha value is -1.26. The lowest BCUT2D eigenvalue weighted by atomic mass is 10.1. The topological polar surface area (TPSA) is 12.0 Å². The van der Waals surface area contributed by atoms with E-state index < -0.39 is 0 Å². The van der Waals surface area contributed by atoms with Crippen LogP contribution in [-0.4, -0.2) is 13.1 Å². The standard InChI is InChI=1S/C12H15N/c1-2-3-10-13-11-9-12-7-5-4-6-8-12/h1,4-8,13H,3,9-11H2. The SMILES string of the molecule is C#CCCNCCc1ccccc1. The zero-order chi connectivity index (χ0) is 9.36. The Bertz CT molecular complexity index is 258. The van der Waals surface area contributed by atoms with Crippen LogP contribution in [0.4, 0.5) is 0 Å². The molecule has 0 aromatic heterocycles. The summed E-state index contributed by atoms with van der Waals surface area (Å²) in [4.78, 5) is 0. The summed E-state index contributed by atoms with van der Waals surface area (Å²) in [5.41, 5.74) is 1.37. The van der Waals surface area contributed by atoms with Gasteiger partial charge in [-0.05, 0) is 18.5 Å². The Balaban J connectivity index is 2.11. The van der Waals surface area contributed by atoms with Crippen LogP contribution in [-0.2, 0) is 6.42 Å². The van der Waals surface area contributed by atoms with Crippen molar-refractivity contribution < 1.29 is 0 Å². The van der Waals surface area contributed by atoms with Crippen LogP contribution in [0.3, 0.4) is 0 Å². The van der Waals surface area contributed by atoms with Gasteiger partial charge in [0.2, 0.25) is 0 Å². The highest BCUT2D eigenvalue weighted by molar-refractivity contribution is 5.14. The van der Waals surface area contributed by atoms with Crippen LogP contribution in [0, 0.1) is 12.3 Å². The molecule has 0 bridgehead atoms. The highest BCUT2D eigenvalue weighted by atomic mass is 14.8. The first-order chi connectivity index (χ1) is 6.43. The zero-order valence-corrected chi connectivity index (χ0v) is 7.79. The molecule has 0 atom stereocenters. The van der Waals surface area contributed by atoms with Gasteiger partial charge >= 0.3 is 0 Å². The van der Waals surface area contributed by atoms with Gasteiger partial charge in [0, 0.05) is 13.0 Å². The van der Waals surface area contributed by atoms with Crippen molar-refractivity contribution in [2.45, 2.75) is 12.8 Å². The van der Waals surface area contributed by atoms with E-state index in [0.29, 0.717) is 0 Å². The second-order valence-electron chi connectivity index (χ2n) is 2.94. The Labute approximate surface area is 80.2 Å². The molecule has 1 rings (SSSR count). The largest absolute Gasteiger partial charge is 0.315 e. The molecule has 0 saturated heterocycles. The maximum absolute atomic E-state index is 5.13. The molecule has 68 valence electrons. The minimum atomic E-state index is 0.814. The van der Waals surface area contributed by atoms with Crippen LogP contribution < -0.4 is 5.32 Å². The van der Waals surface area contributed by atoms with Crippen molar-refractivity contribution in [3.63, 3.8) is 0 Å². The van der Waals surface area contributed by atoms with Crippen molar-refractivity contribution in [3.8, 4) is 12.3 Å². The summed E-state index contributed by atoms with van der Waals surface area (Å²) >= 11 is 0. The summed E-state index contributed by atoms with van der Waals surface area (Å²) in [6, 6.07) is 10.5. The van der Waals surface area contributed by atoms with Gasteiger partial charge in [0.1, 0.15) is 0 Å². The molecular weight excluding hydrogens is 158 g/mol. The quantitative estimate of drug-likeness (QED) is 0.529. The lowest BCUT2D eigenvalue weighted by molar-refractivity contribution is 0.694. The summed E-state index contributed by atoms with van der Waals surface area (Å²) in [5, 5.41) is 3.29. The van der Waals surface area contributed by atoms with Gasteiger partial charge in [-0.25, -0.2) is 0 Å². The minimum Gasteiger partial charge on any atom is -0.315 e. The van der Waals surface area contributed by atoms with Gasteiger partial charge in [-0.15, -0.1) is 12.3 Å². The van der Waals surface area contributed by atoms with Crippen molar-refractivity contribution in [2.24, 2.45) is 0 Å². The molecule has 1 nitrogen and oxygen atoms in total. The third kappa shape index (κ3) is 4.35. The average Bonchev–Trinajstić information content (AvgIpc) is 2.19. The summed E-state index contributed by atoms with van der Waals surface area (Å²) in [5.74, 6) is 2.60. The Morgan fingerprint density at radius 3 is 2.62 bits per heavy atom. The van der Waals surface area contributed by atoms with Crippen LogP contribution in [0.1, 0.15) is 12.0 Å². The molecule has 1 aromatic rings. The Kier molecular flexibility index (Phi) is 4.74. The second kappa shape index (κ2) is 6.28. The van der Waals surface area contributed by atoms with Gasteiger partial charge in [0.25, 0.3) is 0 Å². The first-order valence-corrected chi connectivity index (χ1v) is 4.61. The highest BCUT2D eigenvalue weighted by Crippen LogP contribution is 1.97. The molecule has 0 amide bonds. The fraction of sp³-hybridized carbons (Fsp3) is 0.333. The molecule has 1 N–H and O–H groups in total. The zero-order valence-electron chi connectivity index (χ0n) is 7.79. The predicted molar refractivity (Wildman–Crippen MR) is 56.5 cm³/mol. The summed E-state index contributed by atoms with van der Waals surface area (Å²) in [6.45, 7) is 1.93. The lowest BCUT2D eigenvalue weighted by Gasteiger charge is -2.01. The molecule has 13 heavy (non-hydrogen) atoms. The molecule has 0 unspecified atom stereocenters. The molecule has 0 spiro atoms. The lowest BCUT2D eigenvalue weighted by Crippen LogP contribution is -2.17. The number of hydrogen-bond acceptors (Lipinski definition) is 1. The van der Waals surface area contributed by atoms with E-state index in [4.69, 9.17) is 6.42 Å². The van der Waals surface area contributed by atoms with Crippen LogP contribution in [0.25, 0.3) is 0 Å². The van der Waals surface area contributed by atoms with Gasteiger partial charge in [0.05, 0.1) is 0 Å². The van der Waals surface area contributed by atoms with E-state index >= 15 is 0 Å². The fourth-order valence-corrected chi connectivity index (χ4v) is 1.16. The molecule has 0 heterocycles. The van der Waals surface area contributed by atoms with Crippen molar-refractivity contribution in [1.82, 2.24) is 5.32 Å². The molecular formula is C12H15N. The maximum atomic E-state index is 5.13. The van der Waals surface area contributed by atoms with Crippen molar-refractivity contribution in [1.29, 1.82) is 0 Å². The number of rotatable bonds is 5. The number of hydrogen-bond donors (Lipinski definition) is 1. The van der Waals surface area contributed by atoms with Crippen LogP contribution in [0.15, 0.2) is 30.3 Å². The van der Waals surface area contributed by atoms with E-state index in [2.05, 4.69) is 35.5 Å². The van der Waals surface area contributed by atoms with Crippen LogP contribution in [0.5, 0.6) is 0 Å². The molecule has 0 radical (unpaired) electrons.